The average Bonchev–Trinajstić information content (AvgIpc) is 3.31. The normalized spacial score (nSPS) is 38.8. The third-order valence-corrected chi connectivity index (χ3v) is 7.56. The summed E-state index contributed by atoms with van der Waals surface area (Å²) in [6.45, 7) is 8.09. The molecule has 0 aromatic rings. The monoisotopic (exact) mass is 464 g/mol. The number of allylic oxidation sites excluding steroid dienone is 2. The smallest absolute Gasteiger partial charge is 0.158 e. The molecule has 188 valence electrons. The largest absolute Gasteiger partial charge is 0.368 e. The summed E-state index contributed by atoms with van der Waals surface area (Å²) in [6, 6.07) is 0. The lowest BCUT2D eigenvalue weighted by atomic mass is 9.89. The van der Waals surface area contributed by atoms with Crippen molar-refractivity contribution in [3.63, 3.8) is 0 Å². The van der Waals surface area contributed by atoms with Crippen LogP contribution in [0.4, 0.5) is 0 Å². The zero-order valence-electron chi connectivity index (χ0n) is 20.7. The summed E-state index contributed by atoms with van der Waals surface area (Å²) in [5.41, 5.74) is 1.33. The summed E-state index contributed by atoms with van der Waals surface area (Å²) in [7, 11) is 0. The van der Waals surface area contributed by atoms with E-state index >= 15 is 0 Å². The van der Waals surface area contributed by atoms with Crippen molar-refractivity contribution in [2.24, 2.45) is 17.8 Å². The molecule has 0 bridgehead atoms. The van der Waals surface area contributed by atoms with Crippen LogP contribution in [0, 0.1) is 17.8 Å². The van der Waals surface area contributed by atoms with Gasteiger partial charge < -0.3 is 28.8 Å². The van der Waals surface area contributed by atoms with E-state index < -0.39 is 6.29 Å². The third kappa shape index (κ3) is 7.12. The zero-order chi connectivity index (χ0) is 23.2. The fraction of sp³-hybridized carbons (Fsp3) is 0.852. The minimum atomic E-state index is -0.665. The van der Waals surface area contributed by atoms with Crippen LogP contribution < -0.4 is 0 Å². The molecule has 3 saturated heterocycles. The van der Waals surface area contributed by atoms with Gasteiger partial charge in [0.15, 0.2) is 18.9 Å². The average molecular weight is 465 g/mol. The molecule has 0 aromatic heterocycles. The minimum Gasteiger partial charge on any atom is -0.368 e. The predicted octanol–water partition coefficient (Wildman–Crippen LogP) is 5.10. The molecule has 0 amide bonds. The van der Waals surface area contributed by atoms with Gasteiger partial charge in [0.05, 0.1) is 18.3 Å². The highest BCUT2D eigenvalue weighted by molar-refractivity contribution is 5.08. The second kappa shape index (κ2) is 12.3. The Morgan fingerprint density at radius 3 is 2.42 bits per heavy atom. The van der Waals surface area contributed by atoms with Gasteiger partial charge in [-0.3, -0.25) is 0 Å². The second-order valence-electron chi connectivity index (χ2n) is 10.6. The van der Waals surface area contributed by atoms with Gasteiger partial charge in [0.2, 0.25) is 0 Å². The van der Waals surface area contributed by atoms with Crippen LogP contribution in [0.1, 0.15) is 78.6 Å². The van der Waals surface area contributed by atoms with E-state index in [-0.39, 0.29) is 42.7 Å². The Labute approximate surface area is 199 Å². The molecule has 4 aliphatic rings. The van der Waals surface area contributed by atoms with Crippen LogP contribution in [-0.2, 0) is 23.7 Å². The van der Waals surface area contributed by atoms with Crippen molar-refractivity contribution in [2.75, 3.05) is 13.2 Å². The third-order valence-electron chi connectivity index (χ3n) is 7.56. The number of ether oxygens (including phenoxy) is 5. The summed E-state index contributed by atoms with van der Waals surface area (Å²) in [5, 5.41) is 10.1. The topological polar surface area (TPSA) is 66.4 Å². The molecule has 33 heavy (non-hydrogen) atoms. The number of aliphatic hydroxyl groups is 1. The Bertz CT molecular complexity index is 647. The second-order valence-corrected chi connectivity index (χ2v) is 10.6. The summed E-state index contributed by atoms with van der Waals surface area (Å²) in [5.74, 6) is 0.793. The van der Waals surface area contributed by atoms with Gasteiger partial charge in [0.25, 0.3) is 0 Å². The minimum absolute atomic E-state index is 0.0263. The molecule has 1 saturated carbocycles. The van der Waals surface area contributed by atoms with Crippen LogP contribution in [0.15, 0.2) is 23.8 Å². The molecule has 0 aromatic carbocycles. The first-order valence-electron chi connectivity index (χ1n) is 13.2. The Hall–Kier alpha value is -0.760. The van der Waals surface area contributed by atoms with Gasteiger partial charge in [-0.1, -0.05) is 30.7 Å². The van der Waals surface area contributed by atoms with Gasteiger partial charge in [-0.05, 0) is 70.6 Å². The first-order chi connectivity index (χ1) is 16.0. The van der Waals surface area contributed by atoms with Gasteiger partial charge in [0, 0.05) is 32.0 Å². The summed E-state index contributed by atoms with van der Waals surface area (Å²) >= 11 is 0. The van der Waals surface area contributed by atoms with E-state index in [0.29, 0.717) is 12.3 Å². The first kappa shape index (κ1) is 25.3. The van der Waals surface area contributed by atoms with Crippen LogP contribution in [-0.4, -0.2) is 55.5 Å². The van der Waals surface area contributed by atoms with Crippen molar-refractivity contribution in [2.45, 2.75) is 116 Å². The molecule has 0 spiro atoms. The first-order valence-corrected chi connectivity index (χ1v) is 13.2. The summed E-state index contributed by atoms with van der Waals surface area (Å²) < 4.78 is 30.5. The van der Waals surface area contributed by atoms with Crippen molar-refractivity contribution in [3.05, 3.63) is 23.8 Å². The number of fused-ring (bicyclic) bond motifs is 1. The van der Waals surface area contributed by atoms with E-state index in [9.17, 15) is 5.11 Å². The molecule has 3 aliphatic heterocycles. The van der Waals surface area contributed by atoms with Crippen LogP contribution in [0.5, 0.6) is 0 Å². The molecular weight excluding hydrogens is 420 g/mol. The zero-order valence-corrected chi connectivity index (χ0v) is 20.7. The number of aliphatic hydroxyl groups excluding tert-OH is 1. The predicted molar refractivity (Wildman–Crippen MR) is 126 cm³/mol. The van der Waals surface area contributed by atoms with Crippen LogP contribution in [0.25, 0.3) is 0 Å². The number of hydrogen-bond donors (Lipinski definition) is 1. The van der Waals surface area contributed by atoms with Gasteiger partial charge in [-0.25, -0.2) is 0 Å². The van der Waals surface area contributed by atoms with Crippen LogP contribution >= 0.6 is 0 Å². The van der Waals surface area contributed by atoms with E-state index in [0.717, 1.165) is 64.6 Å². The van der Waals surface area contributed by atoms with E-state index in [2.05, 4.69) is 39.0 Å². The van der Waals surface area contributed by atoms with Crippen molar-refractivity contribution < 1.29 is 28.8 Å². The molecule has 9 atom stereocenters. The van der Waals surface area contributed by atoms with Gasteiger partial charge in [-0.2, -0.15) is 0 Å². The molecule has 1 N–H and O–H groups in total. The quantitative estimate of drug-likeness (QED) is 0.479. The molecule has 1 aliphatic carbocycles. The van der Waals surface area contributed by atoms with Gasteiger partial charge in [-0.15, -0.1) is 0 Å². The fourth-order valence-corrected chi connectivity index (χ4v) is 5.62. The number of hydrogen-bond acceptors (Lipinski definition) is 6. The lowest BCUT2D eigenvalue weighted by molar-refractivity contribution is -0.196. The Morgan fingerprint density at radius 2 is 1.76 bits per heavy atom. The molecule has 6 heteroatoms. The Balaban J connectivity index is 1.46. The molecule has 3 heterocycles. The van der Waals surface area contributed by atoms with Crippen molar-refractivity contribution >= 4 is 0 Å². The molecule has 6 nitrogen and oxygen atoms in total. The van der Waals surface area contributed by atoms with Crippen molar-refractivity contribution in [1.29, 1.82) is 0 Å². The number of rotatable bonds is 9. The van der Waals surface area contributed by atoms with E-state index in [4.69, 9.17) is 23.7 Å². The Morgan fingerprint density at radius 1 is 1.03 bits per heavy atom. The van der Waals surface area contributed by atoms with E-state index in [1.807, 2.05) is 0 Å². The molecule has 4 unspecified atom stereocenters. The van der Waals surface area contributed by atoms with Gasteiger partial charge >= 0.3 is 0 Å². The molecule has 4 rings (SSSR count). The Kier molecular flexibility index (Phi) is 9.43. The highest BCUT2D eigenvalue weighted by Crippen LogP contribution is 2.45. The van der Waals surface area contributed by atoms with Crippen LogP contribution in [0.2, 0.25) is 0 Å². The van der Waals surface area contributed by atoms with Crippen molar-refractivity contribution in [1.82, 2.24) is 0 Å². The molecular formula is C27H44O6. The maximum absolute atomic E-state index is 10.1. The van der Waals surface area contributed by atoms with Crippen LogP contribution in [0.3, 0.4) is 0 Å². The molecule has 0 radical (unpaired) electrons. The maximum Gasteiger partial charge on any atom is 0.158 e. The summed E-state index contributed by atoms with van der Waals surface area (Å²) in [6.07, 6.45) is 14.8. The standard InChI is InChI=1S/C27H44O6/c1-18(2)10-11-19(3)22(32-26-8-4-6-14-29-26)13-12-20-21-16-25(28)31-24(21)17-23(20)33-27-9-5-7-15-30-27/h10,12-13,19-28H,4-9,11,14-17H2,1-3H3/t19?,20-,21-,22+,23-,24+,25?,26?,27?/m1/s1. The highest BCUT2D eigenvalue weighted by Gasteiger charge is 2.49. The fourth-order valence-electron chi connectivity index (χ4n) is 5.62. The van der Waals surface area contributed by atoms with Gasteiger partial charge in [0.1, 0.15) is 0 Å². The summed E-state index contributed by atoms with van der Waals surface area (Å²) in [4.78, 5) is 0. The maximum atomic E-state index is 10.1. The van der Waals surface area contributed by atoms with E-state index in [1.165, 1.54) is 5.57 Å². The SMILES string of the molecule is CC(C)=CCC(C)[C@H](C=C[C@@H]1[C@H]2CC(O)O[C@H]2C[C@H]1OC1CCCCO1)OC1CCCCO1. The van der Waals surface area contributed by atoms with E-state index in [1.54, 1.807) is 0 Å². The lowest BCUT2D eigenvalue weighted by Crippen LogP contribution is -2.32. The van der Waals surface area contributed by atoms with Crippen molar-refractivity contribution in [3.8, 4) is 0 Å². The highest BCUT2D eigenvalue weighted by atomic mass is 16.7. The molecule has 4 fully saturated rings. The lowest BCUT2D eigenvalue weighted by Gasteiger charge is -2.31.